The summed E-state index contributed by atoms with van der Waals surface area (Å²) < 4.78 is 5.12. The highest BCUT2D eigenvalue weighted by molar-refractivity contribution is 5.72. The van der Waals surface area contributed by atoms with Crippen LogP contribution in [0.2, 0.25) is 0 Å². The molecule has 0 radical (unpaired) electrons. The molecule has 0 aliphatic heterocycles. The number of carbonyl (C=O) groups is 2. The molecule has 18 heavy (non-hydrogen) atoms. The van der Waals surface area contributed by atoms with Crippen molar-refractivity contribution in [2.24, 2.45) is 11.8 Å². The van der Waals surface area contributed by atoms with Crippen molar-refractivity contribution in [3.05, 3.63) is 0 Å². The first kappa shape index (κ1) is 15.0. The summed E-state index contributed by atoms with van der Waals surface area (Å²) in [5, 5.41) is 8.47. The summed E-state index contributed by atoms with van der Waals surface area (Å²) in [4.78, 5) is 22.0. The van der Waals surface area contributed by atoms with E-state index in [1.165, 1.54) is 12.8 Å². The van der Waals surface area contributed by atoms with Gasteiger partial charge in [-0.15, -0.1) is 0 Å². The molecule has 1 saturated carbocycles. The third kappa shape index (κ3) is 5.52. The molecular weight excluding hydrogens is 232 g/mol. The van der Waals surface area contributed by atoms with Crippen molar-refractivity contribution in [2.75, 3.05) is 6.61 Å². The first-order chi connectivity index (χ1) is 8.63. The van der Waals surface area contributed by atoms with E-state index in [9.17, 15) is 9.59 Å². The number of aliphatic carboxylic acids is 1. The number of hydrogen-bond donors (Lipinski definition) is 1. The Balaban J connectivity index is 2.14. The predicted octanol–water partition coefficient (Wildman–Crippen LogP) is 3.00. The summed E-state index contributed by atoms with van der Waals surface area (Å²) >= 11 is 0. The number of rotatable bonds is 7. The Labute approximate surface area is 109 Å². The lowest BCUT2D eigenvalue weighted by molar-refractivity contribution is -0.151. The molecule has 1 fully saturated rings. The zero-order chi connectivity index (χ0) is 13.4. The van der Waals surface area contributed by atoms with Crippen LogP contribution in [-0.4, -0.2) is 23.7 Å². The van der Waals surface area contributed by atoms with Crippen LogP contribution >= 0.6 is 0 Å². The fraction of sp³-hybridized carbons (Fsp3) is 0.857. The van der Waals surface area contributed by atoms with E-state index in [0.29, 0.717) is 6.42 Å². The number of carbonyl (C=O) groups excluding carboxylic acids is 1. The number of hydrogen-bond acceptors (Lipinski definition) is 3. The molecule has 0 aromatic heterocycles. The molecule has 1 aliphatic rings. The molecule has 0 amide bonds. The van der Waals surface area contributed by atoms with Gasteiger partial charge in [0.1, 0.15) is 0 Å². The van der Waals surface area contributed by atoms with Crippen LogP contribution < -0.4 is 0 Å². The molecule has 0 saturated heterocycles. The van der Waals surface area contributed by atoms with Gasteiger partial charge >= 0.3 is 11.9 Å². The van der Waals surface area contributed by atoms with Crippen molar-refractivity contribution in [1.82, 2.24) is 0 Å². The molecule has 0 spiro atoms. The monoisotopic (exact) mass is 256 g/mol. The summed E-state index contributed by atoms with van der Waals surface area (Å²) in [5.41, 5.74) is 0. The van der Waals surface area contributed by atoms with Crippen molar-refractivity contribution in [3.8, 4) is 0 Å². The standard InChI is InChI=1S/C14H24O4/c1-2-4-11-6-8-12(9-7-11)14(17)18-10-3-5-13(15)16/h11-12H,2-10H2,1H3,(H,15,16). The maximum absolute atomic E-state index is 11.7. The lowest BCUT2D eigenvalue weighted by Gasteiger charge is -2.26. The lowest BCUT2D eigenvalue weighted by atomic mass is 9.80. The van der Waals surface area contributed by atoms with Crippen molar-refractivity contribution in [1.29, 1.82) is 0 Å². The molecule has 0 heterocycles. The van der Waals surface area contributed by atoms with Gasteiger partial charge in [0.25, 0.3) is 0 Å². The average Bonchev–Trinajstić information content (AvgIpc) is 2.35. The Morgan fingerprint density at radius 1 is 1.22 bits per heavy atom. The van der Waals surface area contributed by atoms with Gasteiger partial charge in [0.15, 0.2) is 0 Å². The van der Waals surface area contributed by atoms with E-state index in [1.807, 2.05) is 0 Å². The summed E-state index contributed by atoms with van der Waals surface area (Å²) in [6.07, 6.45) is 7.08. The molecule has 1 N–H and O–H groups in total. The summed E-state index contributed by atoms with van der Waals surface area (Å²) in [7, 11) is 0. The van der Waals surface area contributed by atoms with Gasteiger partial charge in [0.05, 0.1) is 12.5 Å². The second kappa shape index (κ2) is 8.11. The predicted molar refractivity (Wildman–Crippen MR) is 68.2 cm³/mol. The Bertz CT molecular complexity index is 267. The van der Waals surface area contributed by atoms with Crippen LogP contribution in [0, 0.1) is 11.8 Å². The van der Waals surface area contributed by atoms with Crippen molar-refractivity contribution in [3.63, 3.8) is 0 Å². The van der Waals surface area contributed by atoms with Gasteiger partial charge in [-0.3, -0.25) is 9.59 Å². The maximum atomic E-state index is 11.7. The van der Waals surface area contributed by atoms with Crippen LogP contribution in [0.1, 0.15) is 58.3 Å². The van der Waals surface area contributed by atoms with Crippen molar-refractivity contribution in [2.45, 2.75) is 58.3 Å². The van der Waals surface area contributed by atoms with Crippen molar-refractivity contribution < 1.29 is 19.4 Å². The van der Waals surface area contributed by atoms with E-state index in [1.54, 1.807) is 0 Å². The Kier molecular flexibility index (Phi) is 6.76. The van der Waals surface area contributed by atoms with Gasteiger partial charge in [-0.1, -0.05) is 19.8 Å². The summed E-state index contributed by atoms with van der Waals surface area (Å²) in [6.45, 7) is 2.43. The first-order valence-corrected chi connectivity index (χ1v) is 7.02. The van der Waals surface area contributed by atoms with E-state index >= 15 is 0 Å². The Hall–Kier alpha value is -1.06. The van der Waals surface area contributed by atoms with Crippen LogP contribution in [0.25, 0.3) is 0 Å². The largest absolute Gasteiger partial charge is 0.481 e. The van der Waals surface area contributed by atoms with Crippen LogP contribution in [-0.2, 0) is 14.3 Å². The highest BCUT2D eigenvalue weighted by Crippen LogP contribution is 2.32. The molecule has 104 valence electrons. The van der Waals surface area contributed by atoms with Gasteiger partial charge in [-0.05, 0) is 38.0 Å². The summed E-state index contributed by atoms with van der Waals surface area (Å²) in [5.74, 6) is -0.143. The van der Waals surface area contributed by atoms with Crippen LogP contribution in [0.15, 0.2) is 0 Å². The van der Waals surface area contributed by atoms with Gasteiger partial charge in [0, 0.05) is 6.42 Å². The molecule has 1 aliphatic carbocycles. The SMILES string of the molecule is CCCC1CCC(C(=O)OCCCC(=O)O)CC1. The minimum atomic E-state index is -0.842. The number of esters is 1. The zero-order valence-electron chi connectivity index (χ0n) is 11.2. The van der Waals surface area contributed by atoms with Gasteiger partial charge in [-0.25, -0.2) is 0 Å². The van der Waals surface area contributed by atoms with Crippen molar-refractivity contribution >= 4 is 11.9 Å². The zero-order valence-corrected chi connectivity index (χ0v) is 11.2. The molecule has 0 aromatic carbocycles. The average molecular weight is 256 g/mol. The van der Waals surface area contributed by atoms with E-state index in [-0.39, 0.29) is 24.9 Å². The molecule has 0 atom stereocenters. The van der Waals surface area contributed by atoms with Crippen LogP contribution in [0.5, 0.6) is 0 Å². The second-order valence-electron chi connectivity index (χ2n) is 5.17. The van der Waals surface area contributed by atoms with Gasteiger partial charge < -0.3 is 9.84 Å². The quantitative estimate of drug-likeness (QED) is 0.562. The molecule has 0 unspecified atom stereocenters. The van der Waals surface area contributed by atoms with E-state index < -0.39 is 5.97 Å². The lowest BCUT2D eigenvalue weighted by Crippen LogP contribution is -2.24. The Morgan fingerprint density at radius 2 is 1.89 bits per heavy atom. The third-order valence-electron chi connectivity index (χ3n) is 3.66. The smallest absolute Gasteiger partial charge is 0.308 e. The molecule has 1 rings (SSSR count). The topological polar surface area (TPSA) is 63.6 Å². The molecule has 0 bridgehead atoms. The molecule has 0 aromatic rings. The molecule has 4 nitrogen and oxygen atoms in total. The number of carboxylic acid groups (broad SMARTS) is 1. The van der Waals surface area contributed by atoms with Gasteiger partial charge in [-0.2, -0.15) is 0 Å². The normalized spacial score (nSPS) is 23.6. The molecule has 4 heteroatoms. The minimum absolute atomic E-state index is 0.0444. The maximum Gasteiger partial charge on any atom is 0.308 e. The van der Waals surface area contributed by atoms with Gasteiger partial charge in [0.2, 0.25) is 0 Å². The van der Waals surface area contributed by atoms with E-state index in [4.69, 9.17) is 9.84 Å². The van der Waals surface area contributed by atoms with E-state index in [2.05, 4.69) is 6.92 Å². The fourth-order valence-corrected chi connectivity index (χ4v) is 2.61. The second-order valence-corrected chi connectivity index (χ2v) is 5.17. The number of ether oxygens (including phenoxy) is 1. The number of carboxylic acids is 1. The third-order valence-corrected chi connectivity index (χ3v) is 3.66. The first-order valence-electron chi connectivity index (χ1n) is 7.02. The highest BCUT2D eigenvalue weighted by Gasteiger charge is 2.26. The summed E-state index contributed by atoms with van der Waals surface area (Å²) in [6, 6.07) is 0. The highest BCUT2D eigenvalue weighted by atomic mass is 16.5. The van der Waals surface area contributed by atoms with Crippen LogP contribution in [0.4, 0.5) is 0 Å². The van der Waals surface area contributed by atoms with E-state index in [0.717, 1.165) is 31.6 Å². The molecular formula is C14H24O4. The minimum Gasteiger partial charge on any atom is -0.481 e. The fourth-order valence-electron chi connectivity index (χ4n) is 2.61. The van der Waals surface area contributed by atoms with Crippen LogP contribution in [0.3, 0.4) is 0 Å². The Morgan fingerprint density at radius 3 is 2.44 bits per heavy atom.